The van der Waals surface area contributed by atoms with Crippen LogP contribution in [0.3, 0.4) is 0 Å². The van der Waals surface area contributed by atoms with Crippen LogP contribution in [0.25, 0.3) is 0 Å². The number of ether oxygens (including phenoxy) is 2. The number of carbonyl (C=O) groups excluding carboxylic acids is 2. The lowest BCUT2D eigenvalue weighted by atomic mass is 10.2. The molecule has 0 saturated heterocycles. The largest absolute Gasteiger partial charge is 0.497 e. The van der Waals surface area contributed by atoms with Gasteiger partial charge in [0.25, 0.3) is 5.91 Å². The quantitative estimate of drug-likeness (QED) is 0.840. The first-order valence-corrected chi connectivity index (χ1v) is 6.97. The van der Waals surface area contributed by atoms with Crippen LogP contribution in [0.2, 0.25) is 0 Å². The Bertz CT molecular complexity index is 581. The first-order valence-electron chi connectivity index (χ1n) is 6.09. The van der Waals surface area contributed by atoms with Gasteiger partial charge in [-0.1, -0.05) is 11.8 Å². The fraction of sp³-hybridized carbons (Fsp3) is 0.308. The molecule has 1 atom stereocenters. The van der Waals surface area contributed by atoms with Crippen LogP contribution in [0, 0.1) is 0 Å². The van der Waals surface area contributed by atoms with Crippen LogP contribution in [0.5, 0.6) is 11.5 Å². The van der Waals surface area contributed by atoms with Crippen LogP contribution < -0.4 is 20.5 Å². The zero-order valence-electron chi connectivity index (χ0n) is 11.6. The molecule has 1 aromatic rings. The number of amidine groups is 1. The summed E-state index contributed by atoms with van der Waals surface area (Å²) >= 11 is 1.10. The maximum atomic E-state index is 12.0. The van der Waals surface area contributed by atoms with E-state index in [1.54, 1.807) is 18.2 Å². The summed E-state index contributed by atoms with van der Waals surface area (Å²) in [7, 11) is 3.04. The van der Waals surface area contributed by atoms with Gasteiger partial charge in [-0.2, -0.15) is 4.99 Å². The summed E-state index contributed by atoms with van der Waals surface area (Å²) < 4.78 is 10.2. The molecule has 1 aliphatic rings. The number of nitrogens with one attached hydrogen (secondary N) is 1. The van der Waals surface area contributed by atoms with Crippen LogP contribution in [-0.4, -0.2) is 36.5 Å². The number of nitrogens with zero attached hydrogens (tertiary/aromatic N) is 1. The van der Waals surface area contributed by atoms with Crippen LogP contribution in [0.1, 0.15) is 6.42 Å². The van der Waals surface area contributed by atoms with Gasteiger partial charge in [-0.3, -0.25) is 9.59 Å². The number of aliphatic imine (C=N–C) groups is 1. The predicted molar refractivity (Wildman–Crippen MR) is 80.8 cm³/mol. The number of methoxy groups -OCH3 is 2. The Morgan fingerprint density at radius 1 is 1.33 bits per heavy atom. The monoisotopic (exact) mass is 309 g/mol. The number of hydrogen-bond acceptors (Lipinski definition) is 6. The van der Waals surface area contributed by atoms with Crippen molar-refractivity contribution >= 4 is 34.4 Å². The third kappa shape index (κ3) is 3.88. The minimum absolute atomic E-state index is 0.00717. The molecule has 112 valence electrons. The van der Waals surface area contributed by atoms with Crippen molar-refractivity contribution in [2.24, 2.45) is 10.7 Å². The number of nitrogens with two attached hydrogens (primary N) is 1. The fourth-order valence-corrected chi connectivity index (χ4v) is 2.61. The summed E-state index contributed by atoms with van der Waals surface area (Å²) in [5, 5.41) is 2.33. The molecule has 1 aliphatic heterocycles. The Morgan fingerprint density at radius 2 is 1.95 bits per heavy atom. The Labute approximate surface area is 125 Å². The summed E-state index contributed by atoms with van der Waals surface area (Å²) in [6.07, 6.45) is 0.00717. The highest BCUT2D eigenvalue weighted by Gasteiger charge is 2.29. The minimum Gasteiger partial charge on any atom is -0.497 e. The average Bonchev–Trinajstić information content (AvgIpc) is 2.76. The van der Waals surface area contributed by atoms with E-state index in [0.29, 0.717) is 17.2 Å². The van der Waals surface area contributed by atoms with E-state index in [1.807, 2.05) is 0 Å². The second kappa shape index (κ2) is 6.49. The van der Waals surface area contributed by atoms with Gasteiger partial charge in [0, 0.05) is 30.3 Å². The zero-order valence-corrected chi connectivity index (χ0v) is 12.4. The molecular weight excluding hydrogens is 294 g/mol. The maximum absolute atomic E-state index is 12.0. The van der Waals surface area contributed by atoms with Gasteiger partial charge in [0.05, 0.1) is 14.2 Å². The zero-order chi connectivity index (χ0) is 15.4. The Kier molecular flexibility index (Phi) is 4.69. The molecule has 0 unspecified atom stereocenters. The van der Waals surface area contributed by atoms with E-state index in [1.165, 1.54) is 14.2 Å². The summed E-state index contributed by atoms with van der Waals surface area (Å²) in [6.45, 7) is 0. The number of rotatable bonds is 5. The van der Waals surface area contributed by atoms with E-state index in [-0.39, 0.29) is 23.4 Å². The number of amides is 2. The van der Waals surface area contributed by atoms with Gasteiger partial charge < -0.3 is 20.5 Å². The highest BCUT2D eigenvalue weighted by molar-refractivity contribution is 8.15. The number of hydrogen-bond donors (Lipinski definition) is 2. The molecule has 0 radical (unpaired) electrons. The third-order valence-electron chi connectivity index (χ3n) is 2.76. The number of anilines is 1. The molecule has 0 fully saturated rings. The standard InChI is InChI=1S/C13H15N3O4S/c1-19-8-3-7(4-9(5-8)20-2)15-11(17)6-10-12(18)16-13(14)21-10/h3-5,10H,6H2,1-2H3,(H,15,17)(H2,14,16,18)/t10-/m0/s1. The van der Waals surface area contributed by atoms with Gasteiger partial charge in [0.2, 0.25) is 5.91 Å². The molecule has 0 spiro atoms. The number of benzene rings is 1. The van der Waals surface area contributed by atoms with Gasteiger partial charge >= 0.3 is 0 Å². The predicted octanol–water partition coefficient (Wildman–Crippen LogP) is 0.989. The molecule has 0 bridgehead atoms. The van der Waals surface area contributed by atoms with Crippen molar-refractivity contribution in [1.29, 1.82) is 0 Å². The van der Waals surface area contributed by atoms with Crippen molar-refractivity contribution in [3.63, 3.8) is 0 Å². The van der Waals surface area contributed by atoms with E-state index < -0.39 is 5.25 Å². The number of carbonyl (C=O) groups is 2. The molecule has 7 nitrogen and oxygen atoms in total. The van der Waals surface area contributed by atoms with Gasteiger partial charge in [-0.15, -0.1) is 0 Å². The Morgan fingerprint density at radius 3 is 2.43 bits per heavy atom. The lowest BCUT2D eigenvalue weighted by Crippen LogP contribution is -2.21. The van der Waals surface area contributed by atoms with Crippen molar-refractivity contribution in [1.82, 2.24) is 0 Å². The molecule has 2 amide bonds. The van der Waals surface area contributed by atoms with Gasteiger partial charge in [0.15, 0.2) is 5.17 Å². The number of thioether (sulfide) groups is 1. The van der Waals surface area contributed by atoms with Crippen molar-refractivity contribution in [2.45, 2.75) is 11.7 Å². The van der Waals surface area contributed by atoms with E-state index >= 15 is 0 Å². The molecule has 0 aromatic heterocycles. The van der Waals surface area contributed by atoms with Gasteiger partial charge in [-0.05, 0) is 0 Å². The van der Waals surface area contributed by atoms with Crippen LogP contribution >= 0.6 is 11.8 Å². The molecule has 2 rings (SSSR count). The molecule has 21 heavy (non-hydrogen) atoms. The first kappa shape index (κ1) is 15.2. The summed E-state index contributed by atoms with van der Waals surface area (Å²) in [5.74, 6) is 0.434. The molecule has 0 saturated carbocycles. The van der Waals surface area contributed by atoms with E-state index in [0.717, 1.165) is 11.8 Å². The van der Waals surface area contributed by atoms with Gasteiger partial charge in [0.1, 0.15) is 16.7 Å². The second-order valence-corrected chi connectivity index (χ2v) is 5.47. The SMILES string of the molecule is COc1cc(NC(=O)C[C@@H]2SC(N)=NC2=O)cc(OC)c1. The van der Waals surface area contributed by atoms with Crippen molar-refractivity contribution in [3.05, 3.63) is 18.2 Å². The fourth-order valence-electron chi connectivity index (χ4n) is 1.79. The van der Waals surface area contributed by atoms with Crippen molar-refractivity contribution in [3.8, 4) is 11.5 Å². The highest BCUT2D eigenvalue weighted by atomic mass is 32.2. The molecule has 0 aliphatic carbocycles. The van der Waals surface area contributed by atoms with E-state index in [9.17, 15) is 9.59 Å². The second-order valence-electron chi connectivity index (χ2n) is 4.25. The maximum Gasteiger partial charge on any atom is 0.262 e. The third-order valence-corrected chi connectivity index (χ3v) is 3.75. The van der Waals surface area contributed by atoms with Gasteiger partial charge in [-0.25, -0.2) is 0 Å². The highest BCUT2D eigenvalue weighted by Crippen LogP contribution is 2.27. The Hall–Kier alpha value is -2.22. The van der Waals surface area contributed by atoms with E-state index in [4.69, 9.17) is 15.2 Å². The topological polar surface area (TPSA) is 103 Å². The molecule has 1 heterocycles. The minimum atomic E-state index is -0.558. The Balaban J connectivity index is 2.01. The van der Waals surface area contributed by atoms with Crippen LogP contribution in [0.15, 0.2) is 23.2 Å². The summed E-state index contributed by atoms with van der Waals surface area (Å²) in [5.41, 5.74) is 5.98. The first-order chi connectivity index (χ1) is 10.0. The lowest BCUT2D eigenvalue weighted by molar-refractivity contribution is -0.121. The summed E-state index contributed by atoms with van der Waals surface area (Å²) in [6, 6.07) is 5.02. The van der Waals surface area contributed by atoms with Crippen LogP contribution in [0.4, 0.5) is 5.69 Å². The summed E-state index contributed by atoms with van der Waals surface area (Å²) in [4.78, 5) is 27.0. The molecular formula is C13H15N3O4S. The molecule has 1 aromatic carbocycles. The van der Waals surface area contributed by atoms with Crippen molar-refractivity contribution in [2.75, 3.05) is 19.5 Å². The smallest absolute Gasteiger partial charge is 0.262 e. The average molecular weight is 309 g/mol. The molecule has 3 N–H and O–H groups in total. The van der Waals surface area contributed by atoms with E-state index in [2.05, 4.69) is 10.3 Å². The normalized spacial score (nSPS) is 17.3. The lowest BCUT2D eigenvalue weighted by Gasteiger charge is -2.11. The van der Waals surface area contributed by atoms with Crippen LogP contribution in [-0.2, 0) is 9.59 Å². The van der Waals surface area contributed by atoms with Crippen molar-refractivity contribution < 1.29 is 19.1 Å². The molecule has 8 heteroatoms.